The van der Waals surface area contributed by atoms with Crippen LogP contribution in [-0.2, 0) is 19.1 Å². The summed E-state index contributed by atoms with van der Waals surface area (Å²) < 4.78 is 32.4. The van der Waals surface area contributed by atoms with Crippen LogP contribution < -0.4 is 0 Å². The molecule has 7 nitrogen and oxygen atoms in total. The maximum atomic E-state index is 15.8. The minimum absolute atomic E-state index is 0.00311. The van der Waals surface area contributed by atoms with Crippen LogP contribution in [0.1, 0.15) is 56.2 Å². The number of aliphatic hydroxyl groups is 1. The van der Waals surface area contributed by atoms with Crippen molar-refractivity contribution < 1.29 is 37.8 Å². The fourth-order valence-corrected chi connectivity index (χ4v) is 8.63. The number of ether oxygens (including phenoxy) is 2. The molecule has 0 spiro atoms. The first-order valence-electron chi connectivity index (χ1n) is 12.6. The Hall–Kier alpha value is -2.45. The van der Waals surface area contributed by atoms with Crippen LogP contribution in [0, 0.1) is 35.5 Å². The monoisotopic (exact) mass is 534 g/mol. The summed E-state index contributed by atoms with van der Waals surface area (Å²) in [4.78, 5) is 37.6. The number of methoxy groups -OCH3 is 1. The van der Waals surface area contributed by atoms with E-state index in [0.717, 1.165) is 0 Å². The minimum Gasteiger partial charge on any atom is -0.466 e. The van der Waals surface area contributed by atoms with Crippen LogP contribution in [0.25, 0.3) is 0 Å². The average Bonchev–Trinajstić information content (AvgIpc) is 3.36. The Kier molecular flexibility index (Phi) is 5.85. The number of allylic oxidation sites excluding steroid dienone is 4. The van der Waals surface area contributed by atoms with E-state index < -0.39 is 63.3 Å². The summed E-state index contributed by atoms with van der Waals surface area (Å²) >= 11 is 7.39. The number of fused-ring (bicyclic) bond motifs is 5. The molecule has 1 aromatic heterocycles. The Balaban J connectivity index is 1.64. The van der Waals surface area contributed by atoms with E-state index in [4.69, 9.17) is 25.5 Å². The number of aliphatic hydroxyl groups excluding tert-OH is 1. The predicted molar refractivity (Wildman–Crippen MR) is 132 cm³/mol. The first-order chi connectivity index (χ1) is 17.3. The molecule has 0 saturated heterocycles. The lowest BCUT2D eigenvalue weighted by Gasteiger charge is -2.64. The number of carbonyl (C=O) groups excluding carboxylic acids is 3. The molecule has 4 aliphatic carbocycles. The molecule has 0 amide bonds. The van der Waals surface area contributed by atoms with E-state index in [1.807, 2.05) is 0 Å². The molecule has 1 heterocycles. The maximum absolute atomic E-state index is 15.8. The van der Waals surface area contributed by atoms with Crippen LogP contribution in [0.15, 0.2) is 40.5 Å². The summed E-state index contributed by atoms with van der Waals surface area (Å²) in [5, 5.41) is 11.8. The second-order valence-corrected chi connectivity index (χ2v) is 12.2. The molecule has 4 aliphatic rings. The third-order valence-corrected chi connectivity index (χ3v) is 10.9. The molecule has 0 radical (unpaired) electrons. The van der Waals surface area contributed by atoms with Gasteiger partial charge in [-0.05, 0) is 61.8 Å². The zero-order valence-corrected chi connectivity index (χ0v) is 22.3. The van der Waals surface area contributed by atoms with Gasteiger partial charge in [0.15, 0.2) is 5.78 Å². The lowest BCUT2D eigenvalue weighted by molar-refractivity contribution is -0.199. The molecule has 0 aromatic carbocycles. The second-order valence-electron chi connectivity index (χ2n) is 11.5. The fraction of sp³-hybridized carbons (Fsp3) is 0.607. The minimum atomic E-state index is -1.76. The normalized spacial score (nSPS) is 44.4. The Morgan fingerprint density at radius 1 is 1.24 bits per heavy atom. The number of carbonyl (C=O) groups is 3. The highest BCUT2D eigenvalue weighted by atomic mass is 35.5. The smallest absolute Gasteiger partial charge is 0.375 e. The van der Waals surface area contributed by atoms with E-state index >= 15 is 4.39 Å². The molecule has 0 aliphatic heterocycles. The van der Waals surface area contributed by atoms with Gasteiger partial charge >= 0.3 is 11.9 Å². The zero-order chi connectivity index (χ0) is 27.1. The standard InChI is InChI=1S/C28H32ClFO7/c1-14-7-9-36-22(14)23(33)37-28(24(34)35-5)15(2)10-17-18-12-20(30)19-11-16(31)6-8-25(19,3)27(18,29)21(32)13-26(17,28)4/h6-9,11,15,17-18,20-21,32H,10,12-13H2,1-5H3/t15-,17?,18?,20+,21+,25+,26+,27+,28+/m1/s1. The number of halogens is 2. The number of aryl methyl sites for hydroxylation is 1. The molecule has 1 aromatic rings. The van der Waals surface area contributed by atoms with Gasteiger partial charge in [-0.25, -0.2) is 14.0 Å². The predicted octanol–water partition coefficient (Wildman–Crippen LogP) is 4.49. The van der Waals surface area contributed by atoms with Crippen LogP contribution >= 0.6 is 11.6 Å². The van der Waals surface area contributed by atoms with E-state index in [1.54, 1.807) is 39.8 Å². The Morgan fingerprint density at radius 3 is 2.57 bits per heavy atom. The summed E-state index contributed by atoms with van der Waals surface area (Å²) in [6.07, 6.45) is 3.33. The average molecular weight is 535 g/mol. The molecule has 1 N–H and O–H groups in total. The molecular formula is C28H32ClFO7. The Labute approximate surface area is 220 Å². The third kappa shape index (κ3) is 3.11. The topological polar surface area (TPSA) is 103 Å². The summed E-state index contributed by atoms with van der Waals surface area (Å²) in [6.45, 7) is 7.04. The third-order valence-electron chi connectivity index (χ3n) is 9.96. The summed E-state index contributed by atoms with van der Waals surface area (Å²) in [5.41, 5.74) is -3.18. The van der Waals surface area contributed by atoms with E-state index in [0.29, 0.717) is 12.0 Å². The number of ketones is 1. The molecule has 9 atom stereocenters. The van der Waals surface area contributed by atoms with Gasteiger partial charge in [-0.1, -0.05) is 26.8 Å². The van der Waals surface area contributed by atoms with Crippen molar-refractivity contribution in [3.8, 4) is 0 Å². The summed E-state index contributed by atoms with van der Waals surface area (Å²) in [6, 6.07) is 1.62. The first kappa shape index (κ1) is 26.2. The van der Waals surface area contributed by atoms with Gasteiger partial charge in [-0.3, -0.25) is 4.79 Å². The highest BCUT2D eigenvalue weighted by molar-refractivity contribution is 6.26. The second kappa shape index (κ2) is 8.27. The van der Waals surface area contributed by atoms with Gasteiger partial charge in [0, 0.05) is 22.3 Å². The van der Waals surface area contributed by atoms with Gasteiger partial charge in [0.2, 0.25) is 11.4 Å². The summed E-state index contributed by atoms with van der Waals surface area (Å²) in [5.74, 6) is -3.39. The van der Waals surface area contributed by atoms with E-state index in [-0.39, 0.29) is 30.0 Å². The van der Waals surface area contributed by atoms with Crippen molar-refractivity contribution in [1.29, 1.82) is 0 Å². The lowest BCUT2D eigenvalue weighted by atomic mass is 9.45. The fourth-order valence-electron chi connectivity index (χ4n) is 8.14. The maximum Gasteiger partial charge on any atom is 0.375 e. The largest absolute Gasteiger partial charge is 0.466 e. The number of esters is 2. The molecule has 200 valence electrons. The molecule has 9 heteroatoms. The van der Waals surface area contributed by atoms with Crippen molar-refractivity contribution in [2.45, 2.75) is 69.7 Å². The molecule has 5 rings (SSSR count). The highest BCUT2D eigenvalue weighted by Crippen LogP contribution is 2.72. The van der Waals surface area contributed by atoms with Gasteiger partial charge in [0.1, 0.15) is 6.17 Å². The van der Waals surface area contributed by atoms with E-state index in [9.17, 15) is 19.5 Å². The van der Waals surface area contributed by atoms with Crippen molar-refractivity contribution >= 4 is 29.3 Å². The van der Waals surface area contributed by atoms with E-state index in [1.165, 1.54) is 25.5 Å². The van der Waals surface area contributed by atoms with Gasteiger partial charge < -0.3 is 19.0 Å². The first-order valence-corrected chi connectivity index (χ1v) is 13.0. The van der Waals surface area contributed by atoms with Gasteiger partial charge in [0.25, 0.3) is 0 Å². The Morgan fingerprint density at radius 2 is 1.95 bits per heavy atom. The number of alkyl halides is 2. The van der Waals surface area contributed by atoms with Gasteiger partial charge in [0.05, 0.1) is 24.4 Å². The van der Waals surface area contributed by atoms with Crippen LogP contribution in [0.3, 0.4) is 0 Å². The number of furan rings is 1. The molecule has 3 fully saturated rings. The molecule has 0 bridgehead atoms. The van der Waals surface area contributed by atoms with Crippen molar-refractivity contribution in [2.75, 3.05) is 7.11 Å². The van der Waals surface area contributed by atoms with Crippen molar-refractivity contribution in [2.24, 2.45) is 28.6 Å². The van der Waals surface area contributed by atoms with Gasteiger partial charge in [-0.15, -0.1) is 11.6 Å². The summed E-state index contributed by atoms with van der Waals surface area (Å²) in [7, 11) is 1.23. The molecule has 37 heavy (non-hydrogen) atoms. The molecular weight excluding hydrogens is 503 g/mol. The number of rotatable bonds is 3. The van der Waals surface area contributed by atoms with E-state index in [2.05, 4.69) is 0 Å². The molecule has 3 saturated carbocycles. The zero-order valence-electron chi connectivity index (χ0n) is 21.5. The Bertz CT molecular complexity index is 1240. The van der Waals surface area contributed by atoms with Crippen LogP contribution in [0.4, 0.5) is 4.39 Å². The van der Waals surface area contributed by atoms with Crippen molar-refractivity contribution in [1.82, 2.24) is 0 Å². The lowest BCUT2D eigenvalue weighted by Crippen LogP contribution is -2.70. The quantitative estimate of drug-likeness (QED) is 0.450. The van der Waals surface area contributed by atoms with Gasteiger partial charge in [-0.2, -0.15) is 0 Å². The molecule has 2 unspecified atom stereocenters. The van der Waals surface area contributed by atoms with Crippen molar-refractivity contribution in [3.63, 3.8) is 0 Å². The van der Waals surface area contributed by atoms with Crippen LogP contribution in [0.2, 0.25) is 0 Å². The number of hydrogen-bond acceptors (Lipinski definition) is 7. The van der Waals surface area contributed by atoms with Crippen LogP contribution in [-0.4, -0.2) is 52.7 Å². The van der Waals surface area contributed by atoms with Crippen LogP contribution in [0.5, 0.6) is 0 Å². The number of hydrogen-bond donors (Lipinski definition) is 1. The van der Waals surface area contributed by atoms with Crippen molar-refractivity contribution in [3.05, 3.63) is 47.5 Å². The SMILES string of the molecule is COC(=O)[C@@]1(OC(=O)c2occc2C)[C@H](C)CC2C3C[C@H](F)C4=CC(=O)C=C[C@]4(C)[C@@]3(Cl)[C@@H](O)C[C@@]21C. The highest BCUT2D eigenvalue weighted by Gasteiger charge is 2.78.